The lowest BCUT2D eigenvalue weighted by Gasteiger charge is -2.12. The molecule has 0 radical (unpaired) electrons. The summed E-state index contributed by atoms with van der Waals surface area (Å²) in [6.45, 7) is 1.92. The largest absolute Gasteiger partial charge is 0.497 e. The molecule has 0 aliphatic carbocycles. The zero-order chi connectivity index (χ0) is 21.5. The number of benzene rings is 3. The third-order valence-corrected chi connectivity index (χ3v) is 4.71. The summed E-state index contributed by atoms with van der Waals surface area (Å²) in [5, 5.41) is 5.63. The Bertz CT molecular complexity index is 1000. The topological polar surface area (TPSA) is 67.4 Å². The first-order valence-corrected chi connectivity index (χ1v) is 9.55. The van der Waals surface area contributed by atoms with Crippen molar-refractivity contribution < 1.29 is 18.7 Å². The van der Waals surface area contributed by atoms with Crippen LogP contribution in [0.2, 0.25) is 0 Å². The normalized spacial score (nSPS) is 11.4. The first-order valence-electron chi connectivity index (χ1n) is 9.55. The first kappa shape index (κ1) is 21.0. The minimum atomic E-state index is -0.300. The molecule has 0 spiro atoms. The molecular weight excluding hydrogens is 383 g/mol. The Morgan fingerprint density at radius 2 is 1.43 bits per heavy atom. The van der Waals surface area contributed by atoms with Gasteiger partial charge in [-0.3, -0.25) is 9.59 Å². The number of rotatable bonds is 7. The van der Waals surface area contributed by atoms with Crippen molar-refractivity contribution in [2.24, 2.45) is 0 Å². The highest BCUT2D eigenvalue weighted by Crippen LogP contribution is 2.21. The lowest BCUT2D eigenvalue weighted by Crippen LogP contribution is -2.15. The molecular formula is C24H23FN2O3. The fourth-order valence-electron chi connectivity index (χ4n) is 2.98. The number of anilines is 2. The van der Waals surface area contributed by atoms with Crippen LogP contribution < -0.4 is 15.4 Å². The highest BCUT2D eigenvalue weighted by molar-refractivity contribution is 6.04. The molecule has 0 bridgehead atoms. The zero-order valence-corrected chi connectivity index (χ0v) is 16.8. The van der Waals surface area contributed by atoms with Crippen molar-refractivity contribution in [2.45, 2.75) is 19.3 Å². The molecule has 0 saturated carbocycles. The van der Waals surface area contributed by atoms with E-state index < -0.39 is 0 Å². The average molecular weight is 406 g/mol. The van der Waals surface area contributed by atoms with E-state index in [1.54, 1.807) is 67.8 Å². The van der Waals surface area contributed by atoms with Crippen molar-refractivity contribution in [1.29, 1.82) is 0 Å². The second-order valence-electron chi connectivity index (χ2n) is 6.96. The highest BCUT2D eigenvalue weighted by atomic mass is 19.1. The number of carbonyl (C=O) groups is 2. The average Bonchev–Trinajstić information content (AvgIpc) is 2.75. The van der Waals surface area contributed by atoms with E-state index in [9.17, 15) is 14.0 Å². The standard InChI is InChI=1S/C24H23FN2O3/c1-16(17-3-7-19(25)8-4-17)15-23(28)26-20-9-5-18(6-10-20)24(29)27-21-11-13-22(30-2)14-12-21/h3-14,16H,15H2,1-2H3,(H,26,28)(H,27,29). The molecule has 0 fully saturated rings. The summed E-state index contributed by atoms with van der Waals surface area (Å²) in [5.74, 6) is -0.0289. The van der Waals surface area contributed by atoms with Crippen LogP contribution in [0.4, 0.5) is 15.8 Å². The Balaban J connectivity index is 1.54. The molecule has 0 aliphatic rings. The maximum absolute atomic E-state index is 13.0. The highest BCUT2D eigenvalue weighted by Gasteiger charge is 2.12. The molecule has 2 amide bonds. The van der Waals surface area contributed by atoms with Crippen LogP contribution in [0.15, 0.2) is 72.8 Å². The summed E-state index contributed by atoms with van der Waals surface area (Å²) < 4.78 is 18.1. The second-order valence-corrected chi connectivity index (χ2v) is 6.96. The van der Waals surface area contributed by atoms with Gasteiger partial charge in [0, 0.05) is 23.4 Å². The molecule has 154 valence electrons. The number of amides is 2. The monoisotopic (exact) mass is 406 g/mol. The van der Waals surface area contributed by atoms with Crippen LogP contribution in [0, 0.1) is 5.82 Å². The molecule has 0 saturated heterocycles. The van der Waals surface area contributed by atoms with Crippen LogP contribution in [0.5, 0.6) is 5.75 Å². The Hall–Kier alpha value is -3.67. The van der Waals surface area contributed by atoms with Gasteiger partial charge < -0.3 is 15.4 Å². The summed E-state index contributed by atoms with van der Waals surface area (Å²) in [7, 11) is 1.58. The van der Waals surface area contributed by atoms with E-state index in [-0.39, 0.29) is 30.0 Å². The Morgan fingerprint density at radius 1 is 0.867 bits per heavy atom. The summed E-state index contributed by atoms with van der Waals surface area (Å²) in [6.07, 6.45) is 0.269. The van der Waals surface area contributed by atoms with Crippen molar-refractivity contribution in [3.63, 3.8) is 0 Å². The van der Waals surface area contributed by atoms with Gasteiger partial charge in [0.1, 0.15) is 11.6 Å². The van der Waals surface area contributed by atoms with Gasteiger partial charge in [0.25, 0.3) is 5.91 Å². The fraction of sp³-hybridized carbons (Fsp3) is 0.167. The number of hydrogen-bond donors (Lipinski definition) is 2. The Morgan fingerprint density at radius 3 is 2.03 bits per heavy atom. The maximum atomic E-state index is 13.0. The number of hydrogen-bond acceptors (Lipinski definition) is 3. The Kier molecular flexibility index (Phi) is 6.80. The number of halogens is 1. The quantitative estimate of drug-likeness (QED) is 0.565. The molecule has 3 rings (SSSR count). The van der Waals surface area contributed by atoms with E-state index >= 15 is 0 Å². The van der Waals surface area contributed by atoms with E-state index in [4.69, 9.17) is 4.74 Å². The van der Waals surface area contributed by atoms with Crippen LogP contribution in [0.25, 0.3) is 0 Å². The minimum absolute atomic E-state index is 0.0415. The van der Waals surface area contributed by atoms with Crippen molar-refractivity contribution in [2.75, 3.05) is 17.7 Å². The lowest BCUT2D eigenvalue weighted by atomic mass is 9.97. The summed E-state index contributed by atoms with van der Waals surface area (Å²) >= 11 is 0. The third kappa shape index (κ3) is 5.67. The van der Waals surface area contributed by atoms with E-state index in [1.807, 2.05) is 6.92 Å². The number of methoxy groups -OCH3 is 1. The van der Waals surface area contributed by atoms with Crippen LogP contribution in [0.1, 0.15) is 35.2 Å². The van der Waals surface area contributed by atoms with Gasteiger partial charge in [-0.05, 0) is 72.1 Å². The minimum Gasteiger partial charge on any atom is -0.497 e. The van der Waals surface area contributed by atoms with E-state index in [0.717, 1.165) is 5.56 Å². The summed E-state index contributed by atoms with van der Waals surface area (Å²) in [4.78, 5) is 24.7. The number of ether oxygens (including phenoxy) is 1. The van der Waals surface area contributed by atoms with Crippen molar-refractivity contribution in [3.05, 3.63) is 89.7 Å². The number of carbonyl (C=O) groups excluding carboxylic acids is 2. The molecule has 5 nitrogen and oxygen atoms in total. The predicted molar refractivity (Wildman–Crippen MR) is 115 cm³/mol. The summed E-state index contributed by atoms with van der Waals surface area (Å²) in [5.41, 5.74) is 2.64. The van der Waals surface area contributed by atoms with Gasteiger partial charge in [-0.1, -0.05) is 19.1 Å². The van der Waals surface area contributed by atoms with Crippen LogP contribution in [-0.2, 0) is 4.79 Å². The third-order valence-electron chi connectivity index (χ3n) is 4.71. The van der Waals surface area contributed by atoms with Gasteiger partial charge in [0.2, 0.25) is 5.91 Å². The summed E-state index contributed by atoms with van der Waals surface area (Å²) in [6, 6.07) is 19.9. The van der Waals surface area contributed by atoms with Crippen molar-refractivity contribution in [3.8, 4) is 5.75 Å². The second kappa shape index (κ2) is 9.69. The molecule has 0 heterocycles. The van der Waals surface area contributed by atoms with E-state index in [0.29, 0.717) is 22.7 Å². The van der Waals surface area contributed by atoms with Crippen LogP contribution in [0.3, 0.4) is 0 Å². The number of nitrogens with one attached hydrogen (secondary N) is 2. The molecule has 30 heavy (non-hydrogen) atoms. The maximum Gasteiger partial charge on any atom is 0.255 e. The van der Waals surface area contributed by atoms with Gasteiger partial charge >= 0.3 is 0 Å². The van der Waals surface area contributed by atoms with Gasteiger partial charge in [0.15, 0.2) is 0 Å². The van der Waals surface area contributed by atoms with Crippen molar-refractivity contribution >= 4 is 23.2 Å². The predicted octanol–water partition coefficient (Wildman–Crippen LogP) is 5.22. The van der Waals surface area contributed by atoms with E-state index in [1.165, 1.54) is 12.1 Å². The van der Waals surface area contributed by atoms with Gasteiger partial charge in [-0.2, -0.15) is 0 Å². The lowest BCUT2D eigenvalue weighted by molar-refractivity contribution is -0.116. The van der Waals surface area contributed by atoms with Gasteiger partial charge in [-0.15, -0.1) is 0 Å². The molecule has 1 unspecified atom stereocenters. The van der Waals surface area contributed by atoms with Crippen molar-refractivity contribution in [1.82, 2.24) is 0 Å². The van der Waals surface area contributed by atoms with Crippen LogP contribution in [-0.4, -0.2) is 18.9 Å². The first-order chi connectivity index (χ1) is 14.4. The molecule has 3 aromatic rings. The smallest absolute Gasteiger partial charge is 0.255 e. The molecule has 3 aromatic carbocycles. The fourth-order valence-corrected chi connectivity index (χ4v) is 2.98. The van der Waals surface area contributed by atoms with Crippen LogP contribution >= 0.6 is 0 Å². The Labute approximate surface area is 174 Å². The zero-order valence-electron chi connectivity index (χ0n) is 16.8. The molecule has 6 heteroatoms. The molecule has 0 aliphatic heterocycles. The van der Waals surface area contributed by atoms with Gasteiger partial charge in [0.05, 0.1) is 7.11 Å². The molecule has 1 atom stereocenters. The SMILES string of the molecule is COc1ccc(NC(=O)c2ccc(NC(=O)CC(C)c3ccc(F)cc3)cc2)cc1. The molecule has 2 N–H and O–H groups in total. The van der Waals surface area contributed by atoms with E-state index in [2.05, 4.69) is 10.6 Å². The van der Waals surface area contributed by atoms with Gasteiger partial charge in [-0.25, -0.2) is 4.39 Å². The molecule has 0 aromatic heterocycles.